The highest BCUT2D eigenvalue weighted by Crippen LogP contribution is 2.17. The molecule has 1 unspecified atom stereocenters. The number of hydrogen-bond donors (Lipinski definition) is 2. The highest BCUT2D eigenvalue weighted by atomic mass is 32.1. The number of ether oxygens (including phenoxy) is 1. The van der Waals surface area contributed by atoms with Gasteiger partial charge in [0.25, 0.3) is 5.91 Å². The van der Waals surface area contributed by atoms with Crippen LogP contribution in [-0.4, -0.2) is 41.4 Å². The number of aromatic nitrogens is 1. The van der Waals surface area contributed by atoms with Crippen molar-refractivity contribution in [2.45, 2.75) is 12.0 Å². The molecule has 1 aliphatic heterocycles. The summed E-state index contributed by atoms with van der Waals surface area (Å²) in [6.07, 6.45) is 2.07. The number of hydrogen-bond acceptors (Lipinski definition) is 5. The molecule has 1 fully saturated rings. The van der Waals surface area contributed by atoms with Crippen LogP contribution in [0.5, 0.6) is 0 Å². The summed E-state index contributed by atoms with van der Waals surface area (Å²) in [5.41, 5.74) is 0.697. The monoisotopic (exact) mass is 228 g/mol. The van der Waals surface area contributed by atoms with Gasteiger partial charge in [-0.2, -0.15) is 0 Å². The van der Waals surface area contributed by atoms with Crippen LogP contribution < -0.4 is 5.32 Å². The first-order valence-electron chi connectivity index (χ1n) is 4.66. The molecule has 5 nitrogen and oxygen atoms in total. The van der Waals surface area contributed by atoms with Crippen molar-refractivity contribution in [3.8, 4) is 0 Å². The molecule has 2 N–H and O–H groups in total. The normalized spacial score (nSPS) is 25.4. The van der Waals surface area contributed by atoms with Gasteiger partial charge in [-0.05, 0) is 0 Å². The van der Waals surface area contributed by atoms with E-state index < -0.39 is 5.60 Å². The van der Waals surface area contributed by atoms with E-state index in [1.807, 2.05) is 0 Å². The molecule has 1 aliphatic rings. The maximum Gasteiger partial charge on any atom is 0.263 e. The van der Waals surface area contributed by atoms with Gasteiger partial charge >= 0.3 is 0 Å². The van der Waals surface area contributed by atoms with Gasteiger partial charge in [0.15, 0.2) is 0 Å². The molecule has 2 rings (SSSR count). The third-order valence-corrected chi connectivity index (χ3v) is 3.09. The summed E-state index contributed by atoms with van der Waals surface area (Å²) in [5, 5.41) is 12.6. The Hall–Kier alpha value is -0.980. The third-order valence-electron chi connectivity index (χ3n) is 2.32. The Morgan fingerprint density at radius 3 is 3.27 bits per heavy atom. The van der Waals surface area contributed by atoms with E-state index >= 15 is 0 Å². The molecule has 0 spiro atoms. The fourth-order valence-corrected chi connectivity index (χ4v) is 1.93. The molecule has 1 saturated heterocycles. The number of thiazole rings is 1. The molecule has 6 heteroatoms. The summed E-state index contributed by atoms with van der Waals surface area (Å²) in [6, 6.07) is 0. The van der Waals surface area contributed by atoms with Gasteiger partial charge < -0.3 is 15.2 Å². The Labute approximate surface area is 91.1 Å². The van der Waals surface area contributed by atoms with Gasteiger partial charge in [0.1, 0.15) is 10.5 Å². The number of nitrogens with one attached hydrogen (secondary N) is 1. The molecular weight excluding hydrogens is 216 g/mol. The van der Waals surface area contributed by atoms with Crippen LogP contribution >= 0.6 is 11.3 Å². The number of nitrogens with zero attached hydrogens (tertiary/aromatic N) is 1. The van der Waals surface area contributed by atoms with Crippen LogP contribution in [0.15, 0.2) is 11.7 Å². The summed E-state index contributed by atoms with van der Waals surface area (Å²) in [4.78, 5) is 15.9. The minimum Gasteiger partial charge on any atom is -0.386 e. The molecule has 0 saturated carbocycles. The first-order chi connectivity index (χ1) is 7.20. The second-order valence-corrected chi connectivity index (χ2v) is 4.46. The van der Waals surface area contributed by atoms with Gasteiger partial charge in [0.05, 0.1) is 18.3 Å². The van der Waals surface area contributed by atoms with Crippen LogP contribution in [0.2, 0.25) is 0 Å². The summed E-state index contributed by atoms with van der Waals surface area (Å²) in [5.74, 6) is -0.196. The molecule has 0 radical (unpaired) electrons. The molecule has 2 heterocycles. The zero-order chi connectivity index (χ0) is 10.7. The van der Waals surface area contributed by atoms with Gasteiger partial charge in [-0.15, -0.1) is 11.3 Å². The quantitative estimate of drug-likeness (QED) is 0.765. The van der Waals surface area contributed by atoms with E-state index in [2.05, 4.69) is 10.3 Å². The Morgan fingerprint density at radius 2 is 2.67 bits per heavy atom. The van der Waals surface area contributed by atoms with Gasteiger partial charge in [0.2, 0.25) is 0 Å². The fraction of sp³-hybridized carbons (Fsp3) is 0.556. The highest BCUT2D eigenvalue weighted by molar-refractivity contribution is 7.11. The number of carbonyl (C=O) groups is 1. The second-order valence-electron chi connectivity index (χ2n) is 3.58. The molecular formula is C9H12N2O3S. The highest BCUT2D eigenvalue weighted by Gasteiger charge is 2.32. The largest absolute Gasteiger partial charge is 0.386 e. The molecule has 0 bridgehead atoms. The molecule has 1 amide bonds. The predicted octanol–water partition coefficient (Wildman–Crippen LogP) is 0.0243. The number of carbonyl (C=O) groups excluding carboxylic acids is 1. The van der Waals surface area contributed by atoms with E-state index in [1.165, 1.54) is 17.5 Å². The topological polar surface area (TPSA) is 71.5 Å². The first-order valence-corrected chi connectivity index (χ1v) is 5.54. The number of aliphatic hydroxyl groups is 1. The van der Waals surface area contributed by atoms with Crippen molar-refractivity contribution in [1.82, 2.24) is 10.3 Å². The van der Waals surface area contributed by atoms with Gasteiger partial charge in [-0.1, -0.05) is 0 Å². The van der Waals surface area contributed by atoms with Crippen molar-refractivity contribution in [2.75, 3.05) is 19.8 Å². The maximum absolute atomic E-state index is 11.5. The Bertz CT molecular complexity index is 333. The summed E-state index contributed by atoms with van der Waals surface area (Å²) in [7, 11) is 0. The minimum atomic E-state index is -0.902. The van der Waals surface area contributed by atoms with Gasteiger partial charge in [-0.3, -0.25) is 9.78 Å². The molecule has 15 heavy (non-hydrogen) atoms. The van der Waals surface area contributed by atoms with E-state index in [4.69, 9.17) is 4.74 Å². The standard InChI is InChI=1S/C9H12N2O3S/c12-8(7-3-10-6-15-7)11-4-9(13)1-2-14-5-9/h3,6,13H,1-2,4-5H2,(H,11,12). The SMILES string of the molecule is O=C(NCC1(O)CCOC1)c1cncs1. The molecule has 1 aromatic rings. The van der Waals surface area contributed by atoms with Crippen molar-refractivity contribution in [3.63, 3.8) is 0 Å². The smallest absolute Gasteiger partial charge is 0.263 e. The lowest BCUT2D eigenvalue weighted by Crippen LogP contribution is -2.43. The summed E-state index contributed by atoms with van der Waals surface area (Å²) in [6.45, 7) is 1.06. The van der Waals surface area contributed by atoms with Crippen molar-refractivity contribution in [2.24, 2.45) is 0 Å². The van der Waals surface area contributed by atoms with Crippen LogP contribution in [0.1, 0.15) is 16.1 Å². The van der Waals surface area contributed by atoms with Crippen LogP contribution in [0, 0.1) is 0 Å². The average molecular weight is 228 g/mol. The maximum atomic E-state index is 11.5. The van der Waals surface area contributed by atoms with E-state index in [9.17, 15) is 9.90 Å². The Morgan fingerprint density at radius 1 is 1.80 bits per heavy atom. The van der Waals surface area contributed by atoms with Gasteiger partial charge in [-0.25, -0.2) is 0 Å². The Kier molecular flexibility index (Phi) is 2.99. The van der Waals surface area contributed by atoms with E-state index in [1.54, 1.807) is 5.51 Å². The van der Waals surface area contributed by atoms with Crippen molar-refractivity contribution in [1.29, 1.82) is 0 Å². The summed E-state index contributed by atoms with van der Waals surface area (Å²) >= 11 is 1.28. The summed E-state index contributed by atoms with van der Waals surface area (Å²) < 4.78 is 5.07. The van der Waals surface area contributed by atoms with Crippen molar-refractivity contribution < 1.29 is 14.6 Å². The number of rotatable bonds is 3. The van der Waals surface area contributed by atoms with E-state index in [-0.39, 0.29) is 19.1 Å². The van der Waals surface area contributed by atoms with Crippen LogP contribution in [-0.2, 0) is 4.74 Å². The van der Waals surface area contributed by atoms with E-state index in [0.717, 1.165) is 0 Å². The predicted molar refractivity (Wildman–Crippen MR) is 54.8 cm³/mol. The molecule has 1 aromatic heterocycles. The fourth-order valence-electron chi connectivity index (χ4n) is 1.40. The van der Waals surface area contributed by atoms with Crippen LogP contribution in [0.4, 0.5) is 0 Å². The van der Waals surface area contributed by atoms with Crippen LogP contribution in [0.25, 0.3) is 0 Å². The zero-order valence-corrected chi connectivity index (χ0v) is 8.92. The minimum absolute atomic E-state index is 0.196. The average Bonchev–Trinajstić information content (AvgIpc) is 2.85. The lowest BCUT2D eigenvalue weighted by Gasteiger charge is -2.20. The molecule has 82 valence electrons. The molecule has 0 aromatic carbocycles. The number of amides is 1. The zero-order valence-electron chi connectivity index (χ0n) is 8.10. The second kappa shape index (κ2) is 4.26. The molecule has 1 atom stereocenters. The van der Waals surface area contributed by atoms with Crippen molar-refractivity contribution in [3.05, 3.63) is 16.6 Å². The van der Waals surface area contributed by atoms with E-state index in [0.29, 0.717) is 17.9 Å². The lowest BCUT2D eigenvalue weighted by molar-refractivity contribution is 0.0265. The van der Waals surface area contributed by atoms with Gasteiger partial charge in [0, 0.05) is 19.6 Å². The lowest BCUT2D eigenvalue weighted by atomic mass is 10.0. The third kappa shape index (κ3) is 2.53. The first kappa shape index (κ1) is 10.5. The van der Waals surface area contributed by atoms with Crippen LogP contribution in [0.3, 0.4) is 0 Å². The Balaban J connectivity index is 1.85. The molecule has 0 aliphatic carbocycles. The van der Waals surface area contributed by atoms with Crippen molar-refractivity contribution >= 4 is 17.2 Å².